The molecule has 3 heterocycles. The van der Waals surface area contributed by atoms with Crippen LogP contribution in [0.25, 0.3) is 22.0 Å². The molecule has 0 amide bonds. The van der Waals surface area contributed by atoms with E-state index in [1.54, 1.807) is 4.68 Å². The highest BCUT2D eigenvalue weighted by atomic mass is 16.1. The van der Waals surface area contributed by atoms with Gasteiger partial charge in [0.15, 0.2) is 5.78 Å². The van der Waals surface area contributed by atoms with Crippen LogP contribution in [0.2, 0.25) is 0 Å². The number of hydrogen-bond donors (Lipinski definition) is 0. The Kier molecular flexibility index (Phi) is 4.21. The summed E-state index contributed by atoms with van der Waals surface area (Å²) < 4.78 is 1.78. The van der Waals surface area contributed by atoms with Gasteiger partial charge in [-0.25, -0.2) is 0 Å². The number of aromatic nitrogens is 4. The van der Waals surface area contributed by atoms with Crippen LogP contribution in [-0.4, -0.2) is 37.7 Å². The highest BCUT2D eigenvalue weighted by Gasteiger charge is 2.18. The fraction of sp³-hybridized carbons (Fsp3) is 0.217. The third-order valence-corrected chi connectivity index (χ3v) is 5.42. The van der Waals surface area contributed by atoms with Crippen molar-refractivity contribution in [1.82, 2.24) is 24.9 Å². The van der Waals surface area contributed by atoms with Gasteiger partial charge in [0.25, 0.3) is 0 Å². The number of fused-ring (bicyclic) bond motifs is 2. The lowest BCUT2D eigenvalue weighted by Crippen LogP contribution is -2.08. The average molecular weight is 383 g/mol. The van der Waals surface area contributed by atoms with Gasteiger partial charge < -0.3 is 0 Å². The molecule has 0 spiro atoms. The molecule has 6 nitrogen and oxygen atoms in total. The molecule has 4 aromatic rings. The van der Waals surface area contributed by atoms with Crippen LogP contribution in [0.5, 0.6) is 0 Å². The number of carbonyl (C=O) groups excluding carboxylic acids is 1. The molecule has 0 N–H and O–H groups in total. The molecule has 1 aliphatic rings. The Balaban J connectivity index is 1.41. The lowest BCUT2D eigenvalue weighted by molar-refractivity contribution is 0.0991. The maximum atomic E-state index is 12.8. The van der Waals surface area contributed by atoms with Crippen molar-refractivity contribution in [2.75, 3.05) is 7.05 Å². The van der Waals surface area contributed by atoms with E-state index >= 15 is 0 Å². The van der Waals surface area contributed by atoms with Crippen LogP contribution in [0, 0.1) is 0 Å². The number of rotatable bonds is 4. The quantitative estimate of drug-likeness (QED) is 0.506. The van der Waals surface area contributed by atoms with Gasteiger partial charge in [-0.1, -0.05) is 18.2 Å². The Labute approximate surface area is 168 Å². The molecule has 0 atom stereocenters. The molecule has 2 aromatic carbocycles. The van der Waals surface area contributed by atoms with Crippen LogP contribution in [0.3, 0.4) is 0 Å². The summed E-state index contributed by atoms with van der Waals surface area (Å²) >= 11 is 0. The molecule has 6 heteroatoms. The number of carbonyl (C=O) groups is 1. The normalized spacial score (nSPS) is 13.7. The number of hydrogen-bond acceptors (Lipinski definition) is 5. The van der Waals surface area contributed by atoms with Crippen molar-refractivity contribution in [2.45, 2.75) is 19.5 Å². The minimum Gasteiger partial charge on any atom is -0.298 e. The van der Waals surface area contributed by atoms with Crippen LogP contribution in [-0.2, 0) is 26.6 Å². The van der Waals surface area contributed by atoms with Gasteiger partial charge >= 0.3 is 0 Å². The number of benzene rings is 2. The van der Waals surface area contributed by atoms with Gasteiger partial charge in [0.1, 0.15) is 0 Å². The van der Waals surface area contributed by atoms with E-state index in [0.717, 1.165) is 40.7 Å². The molecular formula is C23H21N5O. The van der Waals surface area contributed by atoms with E-state index in [1.807, 2.05) is 49.8 Å². The molecule has 29 heavy (non-hydrogen) atoms. The van der Waals surface area contributed by atoms with E-state index in [-0.39, 0.29) is 12.2 Å². The average Bonchev–Trinajstić information content (AvgIpc) is 3.31. The number of ketones is 1. The maximum absolute atomic E-state index is 12.8. The van der Waals surface area contributed by atoms with Crippen molar-refractivity contribution in [3.05, 3.63) is 77.2 Å². The highest BCUT2D eigenvalue weighted by Crippen LogP contribution is 2.25. The summed E-state index contributed by atoms with van der Waals surface area (Å²) in [5, 5.41) is 13.8. The molecule has 0 radical (unpaired) electrons. The first kappa shape index (κ1) is 17.7. The standard InChI is InChI=1S/C23H21N5O/c1-27-12-17-4-3-16(8-19(17)13-27)23(29)10-21-9-18-7-15(5-6-22(18)26-25-21)20-11-24-28(2)14-20/h3-9,11,14H,10,12-13H2,1-2H3. The van der Waals surface area contributed by atoms with E-state index < -0.39 is 0 Å². The lowest BCUT2D eigenvalue weighted by atomic mass is 10.0. The molecule has 2 aromatic heterocycles. The molecule has 0 saturated carbocycles. The number of aryl methyl sites for hydroxylation is 1. The Hall–Kier alpha value is -3.38. The zero-order valence-corrected chi connectivity index (χ0v) is 16.5. The van der Waals surface area contributed by atoms with Crippen molar-refractivity contribution >= 4 is 16.7 Å². The summed E-state index contributed by atoms with van der Waals surface area (Å²) in [5.41, 5.74) is 6.90. The molecule has 0 saturated heterocycles. The van der Waals surface area contributed by atoms with Crippen molar-refractivity contribution < 1.29 is 4.79 Å². The Morgan fingerprint density at radius 2 is 1.83 bits per heavy atom. The lowest BCUT2D eigenvalue weighted by Gasteiger charge is -2.05. The topological polar surface area (TPSA) is 63.9 Å². The van der Waals surface area contributed by atoms with E-state index in [1.165, 1.54) is 11.1 Å². The number of Topliss-reactive ketones (excluding diaryl/α,β-unsaturated/α-hetero) is 1. The Bertz CT molecular complexity index is 1240. The van der Waals surface area contributed by atoms with Gasteiger partial charge in [0.05, 0.1) is 23.8 Å². The zero-order valence-electron chi connectivity index (χ0n) is 16.5. The third kappa shape index (κ3) is 3.43. The monoisotopic (exact) mass is 383 g/mol. The van der Waals surface area contributed by atoms with E-state index in [4.69, 9.17) is 0 Å². The fourth-order valence-electron chi connectivity index (χ4n) is 3.93. The van der Waals surface area contributed by atoms with Crippen molar-refractivity contribution in [3.8, 4) is 11.1 Å². The molecular weight excluding hydrogens is 362 g/mol. The summed E-state index contributed by atoms with van der Waals surface area (Å²) in [6.45, 7) is 1.84. The predicted molar refractivity (Wildman–Crippen MR) is 111 cm³/mol. The van der Waals surface area contributed by atoms with Crippen molar-refractivity contribution in [1.29, 1.82) is 0 Å². The largest absolute Gasteiger partial charge is 0.298 e. The third-order valence-electron chi connectivity index (χ3n) is 5.42. The maximum Gasteiger partial charge on any atom is 0.168 e. The van der Waals surface area contributed by atoms with Crippen LogP contribution in [0.1, 0.15) is 27.2 Å². The SMILES string of the molecule is CN1Cc2ccc(C(=O)Cc3cc4cc(-c5cnn(C)c5)ccc4nn3)cc2C1. The smallest absolute Gasteiger partial charge is 0.168 e. The first-order chi connectivity index (χ1) is 14.0. The van der Waals surface area contributed by atoms with Crippen LogP contribution < -0.4 is 0 Å². The first-order valence-electron chi connectivity index (χ1n) is 9.64. The van der Waals surface area contributed by atoms with E-state index in [0.29, 0.717) is 5.69 Å². The minimum absolute atomic E-state index is 0.0689. The number of nitrogens with zero attached hydrogens (tertiary/aromatic N) is 5. The second-order valence-electron chi connectivity index (χ2n) is 7.77. The fourth-order valence-corrected chi connectivity index (χ4v) is 3.93. The van der Waals surface area contributed by atoms with E-state index in [9.17, 15) is 4.79 Å². The minimum atomic E-state index is 0.0689. The zero-order chi connectivity index (χ0) is 20.0. The van der Waals surface area contributed by atoms with Crippen LogP contribution in [0.15, 0.2) is 54.9 Å². The van der Waals surface area contributed by atoms with Gasteiger partial charge in [-0.15, -0.1) is 0 Å². The highest BCUT2D eigenvalue weighted by molar-refractivity contribution is 5.98. The summed E-state index contributed by atoms with van der Waals surface area (Å²) in [4.78, 5) is 15.1. The molecule has 144 valence electrons. The van der Waals surface area contributed by atoms with Crippen LogP contribution >= 0.6 is 0 Å². The van der Waals surface area contributed by atoms with Gasteiger partial charge in [-0.3, -0.25) is 14.4 Å². The summed E-state index contributed by atoms with van der Waals surface area (Å²) in [6.07, 6.45) is 4.06. The predicted octanol–water partition coefficient (Wildman–Crippen LogP) is 3.40. The molecule has 0 aliphatic carbocycles. The Morgan fingerprint density at radius 1 is 0.966 bits per heavy atom. The van der Waals surface area contributed by atoms with E-state index in [2.05, 4.69) is 39.4 Å². The second-order valence-corrected chi connectivity index (χ2v) is 7.77. The van der Waals surface area contributed by atoms with Crippen molar-refractivity contribution in [3.63, 3.8) is 0 Å². The van der Waals surface area contributed by atoms with Gasteiger partial charge in [-0.05, 0) is 48.0 Å². The molecule has 0 fully saturated rings. The summed E-state index contributed by atoms with van der Waals surface area (Å²) in [7, 11) is 3.99. The van der Waals surface area contributed by atoms with Crippen LogP contribution in [0.4, 0.5) is 0 Å². The molecule has 0 bridgehead atoms. The molecule has 1 aliphatic heterocycles. The van der Waals surface area contributed by atoms with Gasteiger partial charge in [-0.2, -0.15) is 15.3 Å². The summed E-state index contributed by atoms with van der Waals surface area (Å²) in [5.74, 6) is 0.0689. The van der Waals surface area contributed by atoms with Gasteiger partial charge in [0, 0.05) is 42.8 Å². The molecule has 5 rings (SSSR count). The Morgan fingerprint density at radius 3 is 2.66 bits per heavy atom. The first-order valence-corrected chi connectivity index (χ1v) is 9.64. The molecule has 0 unspecified atom stereocenters. The van der Waals surface area contributed by atoms with Crippen molar-refractivity contribution in [2.24, 2.45) is 7.05 Å². The summed E-state index contributed by atoms with van der Waals surface area (Å²) in [6, 6.07) is 14.0. The van der Waals surface area contributed by atoms with Gasteiger partial charge in [0.2, 0.25) is 0 Å². The second kappa shape index (κ2) is 6.90.